The Morgan fingerprint density at radius 2 is 2.19 bits per heavy atom. The molecule has 1 aromatic carbocycles. The lowest BCUT2D eigenvalue weighted by Gasteiger charge is -2.09. The number of hydrogen-bond acceptors (Lipinski definition) is 5. The minimum atomic E-state index is -0.0392. The first-order valence-electron chi connectivity index (χ1n) is 6.78. The van der Waals surface area contributed by atoms with Crippen LogP contribution in [-0.4, -0.2) is 42.8 Å². The number of methoxy groups -OCH3 is 1. The number of amides is 1. The van der Waals surface area contributed by atoms with Gasteiger partial charge in [-0.2, -0.15) is 0 Å². The van der Waals surface area contributed by atoms with Crippen molar-refractivity contribution in [3.05, 3.63) is 30.5 Å². The first-order valence-corrected chi connectivity index (χ1v) is 6.78. The Labute approximate surface area is 123 Å². The van der Waals surface area contributed by atoms with E-state index in [1.165, 1.54) is 0 Å². The molecule has 6 heteroatoms. The van der Waals surface area contributed by atoms with Gasteiger partial charge in [0.2, 0.25) is 5.91 Å². The summed E-state index contributed by atoms with van der Waals surface area (Å²) < 4.78 is 4.86. The average molecular weight is 289 g/mol. The second kappa shape index (κ2) is 7.44. The zero-order valence-electron chi connectivity index (χ0n) is 11.9. The number of hydrogen-bond donors (Lipinski definition) is 3. The van der Waals surface area contributed by atoms with Crippen LogP contribution in [0.25, 0.3) is 10.8 Å². The number of ether oxygens (including phenoxy) is 1. The third kappa shape index (κ3) is 4.32. The quantitative estimate of drug-likeness (QED) is 0.673. The number of nitrogens with zero attached hydrogens (tertiary/aromatic N) is 1. The van der Waals surface area contributed by atoms with Gasteiger partial charge in [-0.3, -0.25) is 4.79 Å². The molecule has 21 heavy (non-hydrogen) atoms. The molecule has 0 atom stereocenters. The molecule has 0 spiro atoms. The minimum Gasteiger partial charge on any atom is -0.508 e. The highest BCUT2D eigenvalue weighted by Gasteiger charge is 2.05. The van der Waals surface area contributed by atoms with Crippen LogP contribution < -0.4 is 10.6 Å². The second-order valence-corrected chi connectivity index (χ2v) is 4.58. The Bertz CT molecular complexity index is 616. The summed E-state index contributed by atoms with van der Waals surface area (Å²) >= 11 is 0. The number of pyridine rings is 1. The van der Waals surface area contributed by atoms with Crippen LogP contribution in [0, 0.1) is 0 Å². The van der Waals surface area contributed by atoms with Crippen LogP contribution in [0.5, 0.6) is 5.75 Å². The van der Waals surface area contributed by atoms with Crippen LogP contribution in [0.3, 0.4) is 0 Å². The predicted octanol–water partition coefficient (Wildman–Crippen LogP) is 1.50. The number of aromatic hydroxyl groups is 1. The van der Waals surface area contributed by atoms with Crippen LogP contribution in [0.2, 0.25) is 0 Å². The lowest BCUT2D eigenvalue weighted by Crippen LogP contribution is -2.28. The second-order valence-electron chi connectivity index (χ2n) is 4.58. The Balaban J connectivity index is 1.91. The molecular weight excluding hydrogens is 270 g/mol. The van der Waals surface area contributed by atoms with E-state index >= 15 is 0 Å². The molecule has 0 saturated heterocycles. The predicted molar refractivity (Wildman–Crippen MR) is 81.4 cm³/mol. The molecule has 2 rings (SSSR count). The van der Waals surface area contributed by atoms with Gasteiger partial charge >= 0.3 is 0 Å². The first kappa shape index (κ1) is 15.1. The highest BCUT2D eigenvalue weighted by Crippen LogP contribution is 2.24. The number of phenols is 1. The van der Waals surface area contributed by atoms with E-state index in [2.05, 4.69) is 15.6 Å². The fourth-order valence-corrected chi connectivity index (χ4v) is 1.97. The van der Waals surface area contributed by atoms with E-state index in [-0.39, 0.29) is 11.7 Å². The van der Waals surface area contributed by atoms with Crippen molar-refractivity contribution < 1.29 is 14.6 Å². The van der Waals surface area contributed by atoms with Crippen molar-refractivity contribution in [2.24, 2.45) is 0 Å². The van der Waals surface area contributed by atoms with Crippen LogP contribution in [0.1, 0.15) is 6.42 Å². The lowest BCUT2D eigenvalue weighted by molar-refractivity contribution is -0.121. The lowest BCUT2D eigenvalue weighted by atomic mass is 10.1. The molecule has 0 unspecified atom stereocenters. The summed E-state index contributed by atoms with van der Waals surface area (Å²) in [6.07, 6.45) is 2.04. The van der Waals surface area contributed by atoms with Gasteiger partial charge in [-0.15, -0.1) is 0 Å². The van der Waals surface area contributed by atoms with E-state index < -0.39 is 0 Å². The van der Waals surface area contributed by atoms with Gasteiger partial charge in [-0.1, -0.05) is 6.07 Å². The van der Waals surface area contributed by atoms with Gasteiger partial charge in [0.25, 0.3) is 0 Å². The molecule has 1 heterocycles. The maximum atomic E-state index is 11.6. The number of anilines is 1. The number of rotatable bonds is 7. The highest BCUT2D eigenvalue weighted by atomic mass is 16.5. The number of nitrogens with one attached hydrogen (secondary N) is 2. The molecule has 0 saturated carbocycles. The van der Waals surface area contributed by atoms with Crippen LogP contribution >= 0.6 is 0 Å². The number of fused-ring (bicyclic) bond motifs is 1. The average Bonchev–Trinajstić information content (AvgIpc) is 2.48. The van der Waals surface area contributed by atoms with Gasteiger partial charge in [0.1, 0.15) is 11.6 Å². The minimum absolute atomic E-state index is 0.0392. The summed E-state index contributed by atoms with van der Waals surface area (Å²) in [6.45, 7) is 1.49. The monoisotopic (exact) mass is 289 g/mol. The molecular formula is C15H19N3O3. The Morgan fingerprint density at radius 3 is 3.00 bits per heavy atom. The largest absolute Gasteiger partial charge is 0.508 e. The summed E-state index contributed by atoms with van der Waals surface area (Å²) in [6, 6.07) is 6.99. The van der Waals surface area contributed by atoms with Gasteiger partial charge in [-0.05, 0) is 23.6 Å². The summed E-state index contributed by atoms with van der Waals surface area (Å²) in [5.74, 6) is 0.812. The van der Waals surface area contributed by atoms with E-state index in [0.29, 0.717) is 31.9 Å². The van der Waals surface area contributed by atoms with E-state index in [4.69, 9.17) is 4.74 Å². The van der Waals surface area contributed by atoms with Crippen molar-refractivity contribution in [1.82, 2.24) is 10.3 Å². The van der Waals surface area contributed by atoms with Crippen molar-refractivity contribution >= 4 is 22.5 Å². The zero-order valence-corrected chi connectivity index (χ0v) is 11.9. The molecule has 0 aliphatic carbocycles. The van der Waals surface area contributed by atoms with Crippen LogP contribution in [0.15, 0.2) is 30.5 Å². The molecule has 112 valence electrons. The standard InChI is InChI=1S/C15H19N3O3/c1-21-9-8-16-14(20)5-7-18-15-13-10-12(19)3-2-11(13)4-6-17-15/h2-4,6,10,19H,5,7-9H2,1H3,(H,16,20)(H,17,18). The normalized spacial score (nSPS) is 10.5. The van der Waals surface area contributed by atoms with Crippen molar-refractivity contribution in [3.8, 4) is 5.75 Å². The zero-order chi connectivity index (χ0) is 15.1. The fourth-order valence-electron chi connectivity index (χ4n) is 1.97. The molecule has 2 aromatic rings. The van der Waals surface area contributed by atoms with Gasteiger partial charge in [0, 0.05) is 38.2 Å². The number of carbonyl (C=O) groups is 1. The van der Waals surface area contributed by atoms with Gasteiger partial charge in [0.15, 0.2) is 0 Å². The maximum absolute atomic E-state index is 11.6. The number of benzene rings is 1. The van der Waals surface area contributed by atoms with Crippen molar-refractivity contribution in [3.63, 3.8) is 0 Å². The summed E-state index contributed by atoms with van der Waals surface area (Å²) in [5, 5.41) is 17.2. The number of phenolic OH excluding ortho intramolecular Hbond substituents is 1. The molecule has 1 aromatic heterocycles. The first-order chi connectivity index (χ1) is 10.2. The maximum Gasteiger partial charge on any atom is 0.221 e. The van der Waals surface area contributed by atoms with Gasteiger partial charge in [0.05, 0.1) is 6.61 Å². The summed E-state index contributed by atoms with van der Waals surface area (Å²) in [7, 11) is 1.59. The molecule has 6 nitrogen and oxygen atoms in total. The molecule has 3 N–H and O–H groups in total. The van der Waals surface area contributed by atoms with Crippen molar-refractivity contribution in [2.75, 3.05) is 32.1 Å². The Morgan fingerprint density at radius 1 is 1.33 bits per heavy atom. The summed E-state index contributed by atoms with van der Waals surface area (Å²) in [4.78, 5) is 15.8. The van der Waals surface area contributed by atoms with E-state index in [1.54, 1.807) is 25.4 Å². The van der Waals surface area contributed by atoms with E-state index in [1.807, 2.05) is 12.1 Å². The molecule has 0 bridgehead atoms. The van der Waals surface area contributed by atoms with E-state index in [0.717, 1.165) is 10.8 Å². The number of aromatic nitrogens is 1. The Hall–Kier alpha value is -2.34. The topological polar surface area (TPSA) is 83.5 Å². The molecule has 0 radical (unpaired) electrons. The van der Waals surface area contributed by atoms with Crippen molar-refractivity contribution in [1.29, 1.82) is 0 Å². The molecule has 1 amide bonds. The van der Waals surface area contributed by atoms with Crippen LogP contribution in [0.4, 0.5) is 5.82 Å². The molecule has 0 aliphatic heterocycles. The summed E-state index contributed by atoms with van der Waals surface area (Å²) in [5.41, 5.74) is 0. The third-order valence-corrected chi connectivity index (χ3v) is 3.02. The smallest absolute Gasteiger partial charge is 0.221 e. The number of carbonyl (C=O) groups excluding carboxylic acids is 1. The van der Waals surface area contributed by atoms with Crippen LogP contribution in [-0.2, 0) is 9.53 Å². The molecule has 0 aliphatic rings. The fraction of sp³-hybridized carbons (Fsp3) is 0.333. The Kier molecular flexibility index (Phi) is 5.34. The van der Waals surface area contributed by atoms with Gasteiger partial charge < -0.3 is 20.5 Å². The molecule has 0 fully saturated rings. The van der Waals surface area contributed by atoms with Crippen molar-refractivity contribution in [2.45, 2.75) is 6.42 Å². The SMILES string of the molecule is COCCNC(=O)CCNc1nccc2ccc(O)cc12. The van der Waals surface area contributed by atoms with E-state index in [9.17, 15) is 9.90 Å². The van der Waals surface area contributed by atoms with Gasteiger partial charge in [-0.25, -0.2) is 4.98 Å². The highest BCUT2D eigenvalue weighted by molar-refractivity contribution is 5.92. The third-order valence-electron chi connectivity index (χ3n) is 3.02.